The quantitative estimate of drug-likeness (QED) is 0.724. The summed E-state index contributed by atoms with van der Waals surface area (Å²) < 4.78 is 5.28. The molecule has 23 heavy (non-hydrogen) atoms. The van der Waals surface area contributed by atoms with E-state index in [0.29, 0.717) is 30.1 Å². The van der Waals surface area contributed by atoms with Crippen LogP contribution in [0.5, 0.6) is 5.75 Å². The van der Waals surface area contributed by atoms with Crippen LogP contribution in [0.1, 0.15) is 11.3 Å². The molecule has 2 rings (SSSR count). The van der Waals surface area contributed by atoms with Crippen molar-refractivity contribution in [1.29, 1.82) is 0 Å². The number of methoxy groups -OCH3 is 1. The van der Waals surface area contributed by atoms with Crippen LogP contribution in [-0.2, 0) is 16.0 Å². The number of thiophene rings is 1. The Hall–Kier alpha value is -2.38. The maximum atomic E-state index is 12.1. The third kappa shape index (κ3) is 5.08. The molecule has 0 saturated heterocycles. The molecule has 0 saturated carbocycles. The fourth-order valence-corrected chi connectivity index (χ4v) is 2.70. The van der Waals surface area contributed by atoms with Gasteiger partial charge in [0.25, 0.3) is 0 Å². The van der Waals surface area contributed by atoms with Crippen molar-refractivity contribution >= 4 is 34.5 Å². The summed E-state index contributed by atoms with van der Waals surface area (Å²) in [5.74, 6) is 0.199. The molecule has 1 heterocycles. The zero-order chi connectivity index (χ0) is 16.7. The molecule has 0 unspecified atom stereocenters. The number of nitrogens with one attached hydrogen (secondary N) is 2. The summed E-state index contributed by atoms with van der Waals surface area (Å²) in [5.41, 5.74) is 6.50. The molecule has 122 valence electrons. The second-order valence-electron chi connectivity index (χ2n) is 4.81. The van der Waals surface area contributed by atoms with E-state index in [1.807, 2.05) is 17.5 Å². The molecule has 0 spiro atoms. The number of carbonyl (C=O) groups excluding carboxylic acids is 2. The molecule has 1 aromatic carbocycles. The number of ether oxygens (including phenoxy) is 1. The Bertz CT molecular complexity index is 671. The predicted octanol–water partition coefficient (Wildman–Crippen LogP) is 2.23. The van der Waals surface area contributed by atoms with E-state index in [1.54, 1.807) is 18.2 Å². The lowest BCUT2D eigenvalue weighted by Gasteiger charge is -2.12. The summed E-state index contributed by atoms with van der Waals surface area (Å²) in [5, 5.41) is 7.47. The highest BCUT2D eigenvalue weighted by Gasteiger charge is 2.11. The minimum Gasteiger partial charge on any atom is -0.494 e. The van der Waals surface area contributed by atoms with Gasteiger partial charge in [0.2, 0.25) is 11.8 Å². The van der Waals surface area contributed by atoms with Crippen molar-refractivity contribution in [2.75, 3.05) is 24.3 Å². The zero-order valence-corrected chi connectivity index (χ0v) is 13.6. The number of hydrogen-bond acceptors (Lipinski definition) is 5. The van der Waals surface area contributed by atoms with Crippen LogP contribution in [-0.4, -0.2) is 25.5 Å². The van der Waals surface area contributed by atoms with Gasteiger partial charge in [-0.15, -0.1) is 11.3 Å². The molecule has 0 aliphatic rings. The second kappa shape index (κ2) is 8.30. The van der Waals surface area contributed by atoms with E-state index in [0.717, 1.165) is 4.88 Å². The van der Waals surface area contributed by atoms with E-state index in [2.05, 4.69) is 10.6 Å². The maximum absolute atomic E-state index is 12.1. The number of rotatable bonds is 7. The smallest absolute Gasteiger partial charge is 0.229 e. The Morgan fingerprint density at radius 1 is 1.22 bits per heavy atom. The van der Waals surface area contributed by atoms with Crippen molar-refractivity contribution < 1.29 is 14.3 Å². The maximum Gasteiger partial charge on any atom is 0.229 e. The summed E-state index contributed by atoms with van der Waals surface area (Å²) in [6.45, 7) is 0.291. The van der Waals surface area contributed by atoms with Crippen molar-refractivity contribution in [1.82, 2.24) is 0 Å². The van der Waals surface area contributed by atoms with Gasteiger partial charge >= 0.3 is 0 Å². The van der Waals surface area contributed by atoms with Gasteiger partial charge in [0.15, 0.2) is 0 Å². The van der Waals surface area contributed by atoms with Crippen LogP contribution in [0.25, 0.3) is 0 Å². The molecule has 6 nitrogen and oxygen atoms in total. The van der Waals surface area contributed by atoms with E-state index in [4.69, 9.17) is 10.5 Å². The predicted molar refractivity (Wildman–Crippen MR) is 91.9 cm³/mol. The molecule has 2 aromatic rings. The number of hydrogen-bond donors (Lipinski definition) is 3. The summed E-state index contributed by atoms with van der Waals surface area (Å²) in [7, 11) is 1.51. The number of carbonyl (C=O) groups is 2. The summed E-state index contributed by atoms with van der Waals surface area (Å²) >= 11 is 1.54. The second-order valence-corrected chi connectivity index (χ2v) is 5.84. The molecule has 0 atom stereocenters. The van der Waals surface area contributed by atoms with Crippen LogP contribution < -0.4 is 21.1 Å². The van der Waals surface area contributed by atoms with Crippen molar-refractivity contribution in [3.8, 4) is 5.75 Å². The third-order valence-corrected chi connectivity index (χ3v) is 3.92. The number of anilines is 2. The summed E-state index contributed by atoms with van der Waals surface area (Å²) in [6, 6.07) is 8.89. The Morgan fingerprint density at radius 3 is 2.70 bits per heavy atom. The fourth-order valence-electron chi connectivity index (χ4n) is 1.99. The van der Waals surface area contributed by atoms with Crippen LogP contribution in [0.15, 0.2) is 35.7 Å². The molecule has 0 bridgehead atoms. The highest BCUT2D eigenvalue weighted by molar-refractivity contribution is 7.10. The molecule has 0 fully saturated rings. The first-order chi connectivity index (χ1) is 11.1. The van der Waals surface area contributed by atoms with Gasteiger partial charge in [-0.25, -0.2) is 0 Å². The van der Waals surface area contributed by atoms with Crippen LogP contribution in [0, 0.1) is 0 Å². The average Bonchev–Trinajstić information content (AvgIpc) is 3.01. The standard InChI is InChI=1S/C16H19N3O3S/c1-22-14-9-11(18-15(20)6-7-17)4-5-13(14)19-16(21)10-12-3-2-8-23-12/h2-5,8-9H,6-7,10,17H2,1H3,(H,18,20)(H,19,21). The van der Waals surface area contributed by atoms with Crippen LogP contribution >= 0.6 is 11.3 Å². The van der Waals surface area contributed by atoms with E-state index in [9.17, 15) is 9.59 Å². The summed E-state index contributed by atoms with van der Waals surface area (Å²) in [4.78, 5) is 24.6. The van der Waals surface area contributed by atoms with E-state index in [-0.39, 0.29) is 18.2 Å². The number of amides is 2. The molecule has 0 aliphatic carbocycles. The van der Waals surface area contributed by atoms with Crippen molar-refractivity contribution in [3.05, 3.63) is 40.6 Å². The lowest BCUT2D eigenvalue weighted by atomic mass is 10.2. The normalized spacial score (nSPS) is 10.2. The largest absolute Gasteiger partial charge is 0.494 e. The zero-order valence-electron chi connectivity index (χ0n) is 12.8. The van der Waals surface area contributed by atoms with Gasteiger partial charge < -0.3 is 21.1 Å². The minimum absolute atomic E-state index is 0.120. The molecule has 4 N–H and O–H groups in total. The van der Waals surface area contributed by atoms with Crippen LogP contribution in [0.3, 0.4) is 0 Å². The Labute approximate surface area is 138 Å². The highest BCUT2D eigenvalue weighted by atomic mass is 32.1. The van der Waals surface area contributed by atoms with E-state index >= 15 is 0 Å². The minimum atomic E-state index is -0.163. The average molecular weight is 333 g/mol. The lowest BCUT2D eigenvalue weighted by Crippen LogP contribution is -2.17. The van der Waals surface area contributed by atoms with E-state index < -0.39 is 0 Å². The van der Waals surface area contributed by atoms with E-state index in [1.165, 1.54) is 18.4 Å². The van der Waals surface area contributed by atoms with Crippen molar-refractivity contribution in [2.24, 2.45) is 5.73 Å². The Balaban J connectivity index is 2.04. The van der Waals surface area contributed by atoms with Gasteiger partial charge in [0.1, 0.15) is 5.75 Å². The first-order valence-corrected chi connectivity index (χ1v) is 8.00. The number of nitrogens with two attached hydrogens (primary N) is 1. The topological polar surface area (TPSA) is 93.4 Å². The third-order valence-electron chi connectivity index (χ3n) is 3.05. The van der Waals surface area contributed by atoms with Gasteiger partial charge in [0.05, 0.1) is 19.2 Å². The van der Waals surface area contributed by atoms with Crippen LogP contribution in [0.4, 0.5) is 11.4 Å². The SMILES string of the molecule is COc1cc(NC(=O)CCN)ccc1NC(=O)Cc1cccs1. The summed E-state index contributed by atoms with van der Waals surface area (Å²) in [6.07, 6.45) is 0.567. The van der Waals surface area contributed by atoms with Crippen molar-refractivity contribution in [3.63, 3.8) is 0 Å². The first kappa shape index (κ1) is 17.0. The van der Waals surface area contributed by atoms with Gasteiger partial charge in [-0.2, -0.15) is 0 Å². The molecule has 1 aromatic heterocycles. The molecule has 0 radical (unpaired) electrons. The van der Waals surface area contributed by atoms with Crippen LogP contribution in [0.2, 0.25) is 0 Å². The molecule has 7 heteroatoms. The molecular weight excluding hydrogens is 314 g/mol. The number of benzene rings is 1. The highest BCUT2D eigenvalue weighted by Crippen LogP contribution is 2.28. The Kier molecular flexibility index (Phi) is 6.13. The molecule has 2 amide bonds. The first-order valence-electron chi connectivity index (χ1n) is 7.12. The van der Waals surface area contributed by atoms with Gasteiger partial charge in [-0.05, 0) is 23.6 Å². The Morgan fingerprint density at radius 2 is 2.04 bits per heavy atom. The van der Waals surface area contributed by atoms with Gasteiger partial charge in [-0.1, -0.05) is 6.07 Å². The van der Waals surface area contributed by atoms with Gasteiger partial charge in [-0.3, -0.25) is 9.59 Å². The molecule has 0 aliphatic heterocycles. The van der Waals surface area contributed by atoms with Gasteiger partial charge in [0, 0.05) is 29.6 Å². The lowest BCUT2D eigenvalue weighted by molar-refractivity contribution is -0.116. The monoisotopic (exact) mass is 333 g/mol. The molecular formula is C16H19N3O3S. The van der Waals surface area contributed by atoms with Crippen molar-refractivity contribution in [2.45, 2.75) is 12.8 Å². The fraction of sp³-hybridized carbons (Fsp3) is 0.250.